The summed E-state index contributed by atoms with van der Waals surface area (Å²) in [6.07, 6.45) is 5.03. The minimum Gasteiger partial charge on any atom is -0.480 e. The van der Waals surface area contributed by atoms with E-state index in [0.717, 1.165) is 38.6 Å². The molecule has 0 aromatic carbocycles. The maximum atomic E-state index is 12.4. The van der Waals surface area contributed by atoms with Crippen molar-refractivity contribution < 1.29 is 14.7 Å². The van der Waals surface area contributed by atoms with Gasteiger partial charge in [-0.1, -0.05) is 20.3 Å². The molecular formula is C16H28N2O3. The third-order valence-electron chi connectivity index (χ3n) is 5.39. The summed E-state index contributed by atoms with van der Waals surface area (Å²) < 4.78 is 0. The van der Waals surface area contributed by atoms with Crippen molar-refractivity contribution in [2.45, 2.75) is 71.0 Å². The molecule has 1 aliphatic carbocycles. The van der Waals surface area contributed by atoms with E-state index in [1.807, 2.05) is 11.8 Å². The van der Waals surface area contributed by atoms with E-state index in [0.29, 0.717) is 5.92 Å². The molecule has 1 amide bonds. The van der Waals surface area contributed by atoms with Crippen molar-refractivity contribution in [3.8, 4) is 0 Å². The maximum Gasteiger partial charge on any atom is 0.321 e. The Hall–Kier alpha value is -1.10. The van der Waals surface area contributed by atoms with Gasteiger partial charge in [-0.25, -0.2) is 0 Å². The molecule has 0 aromatic rings. The number of amides is 1. The second kappa shape index (κ2) is 6.77. The maximum absolute atomic E-state index is 12.4. The number of rotatable bonds is 6. The number of nitrogens with zero attached hydrogens (tertiary/aromatic N) is 1. The van der Waals surface area contributed by atoms with Gasteiger partial charge < -0.3 is 10.4 Å². The van der Waals surface area contributed by atoms with Crippen LogP contribution in [0.2, 0.25) is 0 Å². The number of carboxylic acid groups (broad SMARTS) is 1. The number of carbonyl (C=O) groups is 2. The monoisotopic (exact) mass is 296 g/mol. The van der Waals surface area contributed by atoms with E-state index in [1.165, 1.54) is 0 Å². The lowest BCUT2D eigenvalue weighted by Gasteiger charge is -2.30. The molecule has 1 aliphatic heterocycles. The molecule has 1 saturated heterocycles. The first-order valence-electron chi connectivity index (χ1n) is 8.28. The number of hydrogen-bond donors (Lipinski definition) is 2. The Balaban J connectivity index is 2.05. The molecule has 2 rings (SSSR count). The molecule has 0 radical (unpaired) electrons. The lowest BCUT2D eigenvalue weighted by Crippen LogP contribution is -2.52. The van der Waals surface area contributed by atoms with E-state index in [4.69, 9.17) is 0 Å². The summed E-state index contributed by atoms with van der Waals surface area (Å²) in [5, 5.41) is 12.6. The van der Waals surface area contributed by atoms with E-state index in [9.17, 15) is 14.7 Å². The van der Waals surface area contributed by atoms with E-state index >= 15 is 0 Å². The summed E-state index contributed by atoms with van der Waals surface area (Å²) in [5.74, 6) is -0.123. The van der Waals surface area contributed by atoms with Crippen LogP contribution >= 0.6 is 0 Å². The van der Waals surface area contributed by atoms with Gasteiger partial charge >= 0.3 is 5.97 Å². The number of nitrogens with one attached hydrogen (secondary N) is 1. The lowest BCUT2D eigenvalue weighted by atomic mass is 9.94. The van der Waals surface area contributed by atoms with Gasteiger partial charge in [-0.3, -0.25) is 14.5 Å². The van der Waals surface area contributed by atoms with E-state index in [1.54, 1.807) is 0 Å². The second-order valence-corrected chi connectivity index (χ2v) is 6.53. The molecule has 1 saturated carbocycles. The summed E-state index contributed by atoms with van der Waals surface area (Å²) in [4.78, 5) is 26.0. The number of hydrogen-bond acceptors (Lipinski definition) is 3. The Kier molecular flexibility index (Phi) is 5.25. The third kappa shape index (κ3) is 3.23. The molecule has 21 heavy (non-hydrogen) atoms. The van der Waals surface area contributed by atoms with Gasteiger partial charge in [0.1, 0.15) is 6.04 Å². The molecule has 4 atom stereocenters. The fraction of sp³-hybridized carbons (Fsp3) is 0.875. The number of likely N-dealkylation sites (tertiary alicyclic amines) is 1. The van der Waals surface area contributed by atoms with Gasteiger partial charge in [0.05, 0.1) is 6.04 Å². The summed E-state index contributed by atoms with van der Waals surface area (Å²) in [7, 11) is 0. The predicted octanol–water partition coefficient (Wildman–Crippen LogP) is 1.86. The number of carbonyl (C=O) groups excluding carboxylic acids is 1. The quantitative estimate of drug-likeness (QED) is 0.785. The highest BCUT2D eigenvalue weighted by Crippen LogP contribution is 2.43. The SMILES string of the molecule is CCC(CC)NC(=O)C(C)N1CC2CCCC2C1C(=O)O. The van der Waals surface area contributed by atoms with Gasteiger partial charge in [0.15, 0.2) is 0 Å². The first kappa shape index (κ1) is 16.3. The Bertz CT molecular complexity index is 395. The van der Waals surface area contributed by atoms with E-state index < -0.39 is 12.0 Å². The zero-order valence-electron chi connectivity index (χ0n) is 13.3. The average molecular weight is 296 g/mol. The van der Waals surface area contributed by atoms with Crippen molar-refractivity contribution in [3.05, 3.63) is 0 Å². The average Bonchev–Trinajstić information content (AvgIpc) is 3.03. The molecule has 1 heterocycles. The van der Waals surface area contributed by atoms with Crippen molar-refractivity contribution in [2.75, 3.05) is 6.54 Å². The smallest absolute Gasteiger partial charge is 0.321 e. The Morgan fingerprint density at radius 1 is 1.29 bits per heavy atom. The van der Waals surface area contributed by atoms with Crippen molar-refractivity contribution in [3.63, 3.8) is 0 Å². The van der Waals surface area contributed by atoms with Crippen molar-refractivity contribution in [1.82, 2.24) is 10.2 Å². The minimum atomic E-state index is -0.772. The summed E-state index contributed by atoms with van der Waals surface area (Å²) >= 11 is 0. The highest BCUT2D eigenvalue weighted by molar-refractivity contribution is 5.83. The number of fused-ring (bicyclic) bond motifs is 1. The lowest BCUT2D eigenvalue weighted by molar-refractivity contribution is -0.145. The Morgan fingerprint density at radius 3 is 2.52 bits per heavy atom. The van der Waals surface area contributed by atoms with Crippen molar-refractivity contribution in [1.29, 1.82) is 0 Å². The van der Waals surface area contributed by atoms with Crippen LogP contribution in [0.5, 0.6) is 0 Å². The Labute approximate surface area is 127 Å². The van der Waals surface area contributed by atoms with Gasteiger partial charge in [-0.05, 0) is 44.4 Å². The zero-order chi connectivity index (χ0) is 15.6. The molecule has 120 valence electrons. The molecule has 2 fully saturated rings. The van der Waals surface area contributed by atoms with Gasteiger partial charge in [0.25, 0.3) is 0 Å². The molecular weight excluding hydrogens is 268 g/mol. The summed E-state index contributed by atoms with van der Waals surface area (Å²) in [6.45, 7) is 6.70. The molecule has 2 aliphatic rings. The molecule has 2 N–H and O–H groups in total. The number of aliphatic carboxylic acids is 1. The van der Waals surface area contributed by atoms with Crippen LogP contribution in [0.3, 0.4) is 0 Å². The molecule has 0 bridgehead atoms. The summed E-state index contributed by atoms with van der Waals surface area (Å²) in [5.41, 5.74) is 0. The molecule has 0 aromatic heterocycles. The van der Waals surface area contributed by atoms with Gasteiger partial charge in [0.2, 0.25) is 5.91 Å². The first-order chi connectivity index (χ1) is 9.99. The van der Waals surface area contributed by atoms with Gasteiger partial charge in [0, 0.05) is 12.6 Å². The normalized spacial score (nSPS) is 30.4. The van der Waals surface area contributed by atoms with Crippen LogP contribution < -0.4 is 5.32 Å². The summed E-state index contributed by atoms with van der Waals surface area (Å²) in [6, 6.07) is -0.664. The molecule has 5 heteroatoms. The van der Waals surface area contributed by atoms with Crippen LogP contribution in [-0.4, -0.2) is 46.6 Å². The minimum absolute atomic E-state index is 0.0325. The van der Waals surface area contributed by atoms with E-state index in [2.05, 4.69) is 19.2 Å². The fourth-order valence-corrected chi connectivity index (χ4v) is 4.03. The van der Waals surface area contributed by atoms with Gasteiger partial charge in [-0.2, -0.15) is 0 Å². The molecule has 0 spiro atoms. The second-order valence-electron chi connectivity index (χ2n) is 6.53. The van der Waals surface area contributed by atoms with Crippen LogP contribution in [-0.2, 0) is 9.59 Å². The molecule has 4 unspecified atom stereocenters. The zero-order valence-corrected chi connectivity index (χ0v) is 13.3. The van der Waals surface area contributed by atoms with Gasteiger partial charge in [-0.15, -0.1) is 0 Å². The van der Waals surface area contributed by atoms with Crippen LogP contribution in [0, 0.1) is 11.8 Å². The predicted molar refractivity (Wildman–Crippen MR) is 80.9 cm³/mol. The van der Waals surface area contributed by atoms with Crippen LogP contribution in [0.25, 0.3) is 0 Å². The highest BCUT2D eigenvalue weighted by Gasteiger charge is 2.50. The van der Waals surface area contributed by atoms with Crippen LogP contribution in [0.1, 0.15) is 52.9 Å². The Morgan fingerprint density at radius 2 is 1.95 bits per heavy atom. The highest BCUT2D eigenvalue weighted by atomic mass is 16.4. The van der Waals surface area contributed by atoms with Crippen LogP contribution in [0.15, 0.2) is 0 Å². The fourth-order valence-electron chi connectivity index (χ4n) is 4.03. The standard InChI is InChI=1S/C16H28N2O3/c1-4-12(5-2)17-15(19)10(3)18-9-11-7-6-8-13(11)14(18)16(20)21/h10-14H,4-9H2,1-3H3,(H,17,19)(H,20,21). The first-order valence-corrected chi connectivity index (χ1v) is 8.28. The van der Waals surface area contributed by atoms with Crippen molar-refractivity contribution >= 4 is 11.9 Å². The number of carboxylic acids is 1. The van der Waals surface area contributed by atoms with Crippen molar-refractivity contribution in [2.24, 2.45) is 11.8 Å². The van der Waals surface area contributed by atoms with E-state index in [-0.39, 0.29) is 23.9 Å². The van der Waals surface area contributed by atoms with Crippen LogP contribution in [0.4, 0.5) is 0 Å². The molecule has 5 nitrogen and oxygen atoms in total. The topological polar surface area (TPSA) is 69.6 Å². The third-order valence-corrected chi connectivity index (χ3v) is 5.39. The largest absolute Gasteiger partial charge is 0.480 e.